The highest BCUT2D eigenvalue weighted by molar-refractivity contribution is 5.82. The molecule has 28 heavy (non-hydrogen) atoms. The quantitative estimate of drug-likeness (QED) is 0.228. The molecule has 0 N–H and O–H groups in total. The summed E-state index contributed by atoms with van der Waals surface area (Å²) in [5, 5.41) is 0. The van der Waals surface area contributed by atoms with Gasteiger partial charge < -0.3 is 9.47 Å². The van der Waals surface area contributed by atoms with E-state index in [2.05, 4.69) is 6.92 Å². The molecule has 0 aromatic heterocycles. The van der Waals surface area contributed by atoms with Gasteiger partial charge in [0, 0.05) is 6.54 Å². The van der Waals surface area contributed by atoms with Gasteiger partial charge in [-0.3, -0.25) is 4.90 Å². The molecule has 1 saturated heterocycles. The Bertz CT molecular complexity index is 413. The van der Waals surface area contributed by atoms with Crippen molar-refractivity contribution in [3.63, 3.8) is 0 Å². The molecule has 0 aliphatic carbocycles. The molecule has 0 spiro atoms. The molecule has 1 rings (SSSR count). The number of carbonyl (C=O) groups is 2. The predicted molar refractivity (Wildman–Crippen MR) is 113 cm³/mol. The molecule has 1 atom stereocenters. The topological polar surface area (TPSA) is 55.8 Å². The van der Waals surface area contributed by atoms with Crippen molar-refractivity contribution in [1.82, 2.24) is 4.90 Å². The largest absolute Gasteiger partial charge is 0.464 e. The Labute approximate surface area is 172 Å². The van der Waals surface area contributed by atoms with Crippen molar-refractivity contribution in [3.8, 4) is 0 Å². The van der Waals surface area contributed by atoms with E-state index in [9.17, 15) is 9.59 Å². The molecule has 1 aliphatic rings. The van der Waals surface area contributed by atoms with Crippen molar-refractivity contribution in [1.29, 1.82) is 0 Å². The molecule has 164 valence electrons. The second-order valence-corrected chi connectivity index (χ2v) is 7.96. The lowest BCUT2D eigenvalue weighted by molar-refractivity contribution is -0.148. The summed E-state index contributed by atoms with van der Waals surface area (Å²) in [7, 11) is 0. The van der Waals surface area contributed by atoms with Gasteiger partial charge in [-0.15, -0.1) is 0 Å². The molecule has 0 saturated carbocycles. The lowest BCUT2D eigenvalue weighted by Crippen LogP contribution is -2.41. The van der Waals surface area contributed by atoms with Gasteiger partial charge in [0.2, 0.25) is 0 Å². The minimum atomic E-state index is -0.457. The molecule has 1 fully saturated rings. The Morgan fingerprint density at radius 2 is 1.32 bits per heavy atom. The van der Waals surface area contributed by atoms with Gasteiger partial charge in [0.25, 0.3) is 0 Å². The third-order valence-electron chi connectivity index (χ3n) is 5.52. The highest BCUT2D eigenvalue weighted by Gasteiger charge is 2.36. The summed E-state index contributed by atoms with van der Waals surface area (Å²) in [6.45, 7) is 5.41. The van der Waals surface area contributed by atoms with Gasteiger partial charge in [-0.05, 0) is 26.2 Å². The number of nitrogens with zero attached hydrogens (tertiary/aromatic N) is 1. The zero-order valence-corrected chi connectivity index (χ0v) is 18.4. The molecule has 1 amide bonds. The number of amides is 1. The molecule has 0 bridgehead atoms. The highest BCUT2D eigenvalue weighted by Crippen LogP contribution is 2.20. The van der Waals surface area contributed by atoms with Gasteiger partial charge in [-0.1, -0.05) is 84.0 Å². The molecule has 0 aromatic carbocycles. The molecule has 5 nitrogen and oxygen atoms in total. The maximum absolute atomic E-state index is 12.2. The summed E-state index contributed by atoms with van der Waals surface area (Å²) in [5.41, 5.74) is 0. The van der Waals surface area contributed by atoms with Crippen LogP contribution in [0.1, 0.15) is 110 Å². The van der Waals surface area contributed by atoms with Crippen LogP contribution in [0.3, 0.4) is 0 Å². The van der Waals surface area contributed by atoms with E-state index >= 15 is 0 Å². The Morgan fingerprint density at radius 1 is 0.786 bits per heavy atom. The Kier molecular flexibility index (Phi) is 14.8. The zero-order chi connectivity index (χ0) is 20.5. The highest BCUT2D eigenvalue weighted by atomic mass is 16.6. The van der Waals surface area contributed by atoms with Crippen molar-refractivity contribution in [2.24, 2.45) is 0 Å². The third kappa shape index (κ3) is 10.9. The molecular weight excluding hydrogens is 354 g/mol. The summed E-state index contributed by atoms with van der Waals surface area (Å²) in [5.74, 6) is -0.274. The fourth-order valence-corrected chi connectivity index (χ4v) is 3.83. The van der Waals surface area contributed by atoms with Gasteiger partial charge in [0.1, 0.15) is 6.04 Å². The number of rotatable bonds is 16. The smallest absolute Gasteiger partial charge is 0.410 e. The van der Waals surface area contributed by atoms with E-state index in [0.717, 1.165) is 19.3 Å². The van der Waals surface area contributed by atoms with Crippen LogP contribution in [-0.4, -0.2) is 42.8 Å². The first-order chi connectivity index (χ1) is 13.7. The van der Waals surface area contributed by atoms with Crippen molar-refractivity contribution in [3.05, 3.63) is 0 Å². The van der Waals surface area contributed by atoms with E-state index in [4.69, 9.17) is 9.47 Å². The van der Waals surface area contributed by atoms with Crippen LogP contribution in [0.15, 0.2) is 0 Å². The maximum atomic E-state index is 12.2. The summed E-state index contributed by atoms with van der Waals surface area (Å²) in [6.07, 6.45) is 18.0. The first kappa shape index (κ1) is 24.8. The third-order valence-corrected chi connectivity index (χ3v) is 5.52. The van der Waals surface area contributed by atoms with Crippen molar-refractivity contribution in [2.75, 3.05) is 19.8 Å². The minimum absolute atomic E-state index is 0.274. The van der Waals surface area contributed by atoms with E-state index in [1.807, 2.05) is 0 Å². The lowest BCUT2D eigenvalue weighted by Gasteiger charge is -2.22. The van der Waals surface area contributed by atoms with Crippen molar-refractivity contribution >= 4 is 12.1 Å². The van der Waals surface area contributed by atoms with Crippen molar-refractivity contribution in [2.45, 2.75) is 116 Å². The van der Waals surface area contributed by atoms with Gasteiger partial charge in [-0.2, -0.15) is 0 Å². The fraction of sp³-hybridized carbons (Fsp3) is 0.913. The Hall–Kier alpha value is -1.26. The van der Waals surface area contributed by atoms with Crippen LogP contribution < -0.4 is 0 Å². The van der Waals surface area contributed by atoms with Gasteiger partial charge in [-0.25, -0.2) is 9.59 Å². The summed E-state index contributed by atoms with van der Waals surface area (Å²) in [4.78, 5) is 25.6. The van der Waals surface area contributed by atoms with Crippen LogP contribution in [0.2, 0.25) is 0 Å². The van der Waals surface area contributed by atoms with Gasteiger partial charge in [0.05, 0.1) is 13.2 Å². The number of carbonyl (C=O) groups excluding carboxylic acids is 2. The van der Waals surface area contributed by atoms with E-state index < -0.39 is 12.1 Å². The molecule has 1 aliphatic heterocycles. The van der Waals surface area contributed by atoms with E-state index in [0.29, 0.717) is 26.2 Å². The molecule has 5 heteroatoms. The van der Waals surface area contributed by atoms with Crippen LogP contribution >= 0.6 is 0 Å². The first-order valence-electron chi connectivity index (χ1n) is 11.8. The summed E-state index contributed by atoms with van der Waals surface area (Å²) >= 11 is 0. The minimum Gasteiger partial charge on any atom is -0.464 e. The van der Waals surface area contributed by atoms with Gasteiger partial charge in [0.15, 0.2) is 0 Å². The molecule has 1 heterocycles. The van der Waals surface area contributed by atoms with E-state index in [1.54, 1.807) is 6.92 Å². The second kappa shape index (κ2) is 16.7. The SMILES string of the molecule is CCCCCCCCCCCCCCCOC(=O)C1CCCN1C(=O)OCC. The Balaban J connectivity index is 1.93. The average Bonchev–Trinajstić information content (AvgIpc) is 3.18. The summed E-state index contributed by atoms with van der Waals surface area (Å²) in [6, 6.07) is -0.457. The number of hydrogen-bond donors (Lipinski definition) is 0. The van der Waals surface area contributed by atoms with Crippen LogP contribution in [0.5, 0.6) is 0 Å². The van der Waals surface area contributed by atoms with Crippen LogP contribution in [0.25, 0.3) is 0 Å². The standard InChI is InChI=1S/C23H43NO4/c1-3-5-6-7-8-9-10-11-12-13-14-15-16-20-28-22(25)21-18-17-19-24(21)23(26)27-4-2/h21H,3-20H2,1-2H3. The lowest BCUT2D eigenvalue weighted by atomic mass is 10.0. The number of unbranched alkanes of at least 4 members (excludes halogenated alkanes) is 12. The van der Waals surface area contributed by atoms with Gasteiger partial charge >= 0.3 is 12.1 Å². The number of likely N-dealkylation sites (tertiary alicyclic amines) is 1. The normalized spacial score (nSPS) is 16.4. The van der Waals surface area contributed by atoms with Crippen molar-refractivity contribution < 1.29 is 19.1 Å². The monoisotopic (exact) mass is 397 g/mol. The maximum Gasteiger partial charge on any atom is 0.410 e. The van der Waals surface area contributed by atoms with Crippen LogP contribution in [0, 0.1) is 0 Å². The van der Waals surface area contributed by atoms with Crippen LogP contribution in [-0.2, 0) is 14.3 Å². The number of hydrogen-bond acceptors (Lipinski definition) is 4. The molecule has 0 radical (unpaired) electrons. The summed E-state index contributed by atoms with van der Waals surface area (Å²) < 4.78 is 10.4. The Morgan fingerprint density at radius 3 is 1.86 bits per heavy atom. The average molecular weight is 398 g/mol. The molecule has 1 unspecified atom stereocenters. The van der Waals surface area contributed by atoms with Crippen LogP contribution in [0.4, 0.5) is 4.79 Å². The number of ether oxygens (including phenoxy) is 2. The zero-order valence-electron chi connectivity index (χ0n) is 18.4. The molecular formula is C23H43NO4. The second-order valence-electron chi connectivity index (χ2n) is 7.96. The predicted octanol–water partition coefficient (Wildman–Crippen LogP) is 6.24. The van der Waals surface area contributed by atoms with E-state index in [1.165, 1.54) is 75.5 Å². The first-order valence-corrected chi connectivity index (χ1v) is 11.8. The number of esters is 1. The fourth-order valence-electron chi connectivity index (χ4n) is 3.83. The van der Waals surface area contributed by atoms with E-state index in [-0.39, 0.29) is 5.97 Å². The molecule has 0 aromatic rings.